The number of para-hydroxylation sites is 1. The van der Waals surface area contributed by atoms with E-state index in [9.17, 15) is 19.2 Å². The third-order valence-electron chi connectivity index (χ3n) is 6.88. The predicted octanol–water partition coefficient (Wildman–Crippen LogP) is 2.45. The maximum Gasteiger partial charge on any atom is 0.268 e. The van der Waals surface area contributed by atoms with Crippen molar-refractivity contribution >= 4 is 34.9 Å². The molecule has 176 valence electrons. The molecule has 1 aliphatic heterocycles. The van der Waals surface area contributed by atoms with Crippen LogP contribution < -0.4 is 16.0 Å². The minimum atomic E-state index is -0.759. The number of aldehydes is 1. The molecular weight excluding hydrogens is 420 g/mol. The van der Waals surface area contributed by atoms with Crippen molar-refractivity contribution in [1.82, 2.24) is 20.9 Å². The van der Waals surface area contributed by atoms with Gasteiger partial charge in [0.1, 0.15) is 18.0 Å². The van der Waals surface area contributed by atoms with Crippen LogP contribution in [0.15, 0.2) is 30.3 Å². The lowest BCUT2D eigenvalue weighted by Crippen LogP contribution is -2.51. The van der Waals surface area contributed by atoms with Crippen LogP contribution in [-0.4, -0.2) is 47.6 Å². The van der Waals surface area contributed by atoms with Crippen molar-refractivity contribution in [2.24, 2.45) is 11.8 Å². The van der Waals surface area contributed by atoms with E-state index in [1.807, 2.05) is 24.3 Å². The van der Waals surface area contributed by atoms with Gasteiger partial charge in [-0.2, -0.15) is 0 Å². The van der Waals surface area contributed by atoms with Crippen molar-refractivity contribution in [2.45, 2.75) is 63.5 Å². The minimum Gasteiger partial charge on any atom is -0.356 e. The molecule has 8 nitrogen and oxygen atoms in total. The number of H-pyrrole nitrogens is 1. The highest BCUT2D eigenvalue weighted by atomic mass is 16.2. The first kappa shape index (κ1) is 23.0. The van der Waals surface area contributed by atoms with Crippen LogP contribution in [0.1, 0.15) is 61.9 Å². The Bertz CT molecular complexity index is 978. The number of fused-ring (bicyclic) bond motifs is 1. The zero-order chi connectivity index (χ0) is 23.2. The van der Waals surface area contributed by atoms with Crippen LogP contribution in [0.4, 0.5) is 0 Å². The van der Waals surface area contributed by atoms with Gasteiger partial charge in [0.25, 0.3) is 5.91 Å². The Labute approximate surface area is 193 Å². The molecule has 2 heterocycles. The number of aromatic amines is 1. The second-order valence-electron chi connectivity index (χ2n) is 9.30. The molecule has 2 fully saturated rings. The highest BCUT2D eigenvalue weighted by molar-refractivity contribution is 6.00. The molecule has 1 saturated carbocycles. The topological polar surface area (TPSA) is 120 Å². The monoisotopic (exact) mass is 452 g/mol. The standard InChI is InChI=1S/C25H32N4O4/c30-15-19(13-18-10-11-26-23(18)31)27-24(32)21(12-16-6-2-1-3-7-16)29-25(33)22-14-17-8-4-5-9-20(17)28-22/h4-5,8-9,14-16,18-19,21,28H,1-3,6-7,10-13H2,(H,26,31)(H,27,32)(H,29,33)/t18-,19-,21-/m0/s1. The van der Waals surface area contributed by atoms with Crippen molar-refractivity contribution in [3.63, 3.8) is 0 Å². The van der Waals surface area contributed by atoms with Crippen LogP contribution in [0, 0.1) is 11.8 Å². The Kier molecular flexibility index (Phi) is 7.42. The first-order chi connectivity index (χ1) is 16.0. The third kappa shape index (κ3) is 5.80. The van der Waals surface area contributed by atoms with Gasteiger partial charge in [0, 0.05) is 23.4 Å². The number of aromatic nitrogens is 1. The van der Waals surface area contributed by atoms with Gasteiger partial charge in [0.2, 0.25) is 11.8 Å². The Hall–Kier alpha value is -3.16. The van der Waals surface area contributed by atoms with E-state index < -0.39 is 12.1 Å². The summed E-state index contributed by atoms with van der Waals surface area (Å²) in [6.07, 6.45) is 7.66. The maximum atomic E-state index is 13.2. The van der Waals surface area contributed by atoms with Gasteiger partial charge >= 0.3 is 0 Å². The van der Waals surface area contributed by atoms with Gasteiger partial charge < -0.3 is 25.7 Å². The molecule has 1 aliphatic carbocycles. The van der Waals surface area contributed by atoms with Gasteiger partial charge in [-0.15, -0.1) is 0 Å². The number of nitrogens with one attached hydrogen (secondary N) is 4. The van der Waals surface area contributed by atoms with Crippen molar-refractivity contribution in [3.8, 4) is 0 Å². The molecule has 2 aromatic rings. The summed E-state index contributed by atoms with van der Waals surface area (Å²) >= 11 is 0. The molecule has 4 rings (SSSR count). The zero-order valence-electron chi connectivity index (χ0n) is 18.8. The van der Waals surface area contributed by atoms with Gasteiger partial charge in [-0.1, -0.05) is 50.3 Å². The maximum absolute atomic E-state index is 13.2. The van der Waals surface area contributed by atoms with Gasteiger partial charge in [-0.3, -0.25) is 14.4 Å². The molecule has 4 N–H and O–H groups in total. The number of rotatable bonds is 9. The average Bonchev–Trinajstić information content (AvgIpc) is 3.44. The van der Waals surface area contributed by atoms with Gasteiger partial charge in [0.05, 0.1) is 6.04 Å². The molecule has 2 aliphatic rings. The summed E-state index contributed by atoms with van der Waals surface area (Å²) in [5.74, 6) is -0.728. The highest BCUT2D eigenvalue weighted by Crippen LogP contribution is 2.28. The fraction of sp³-hybridized carbons (Fsp3) is 0.520. The average molecular weight is 453 g/mol. The van der Waals surface area contributed by atoms with Gasteiger partial charge in [-0.25, -0.2) is 0 Å². The van der Waals surface area contributed by atoms with Crippen LogP contribution in [0.5, 0.6) is 0 Å². The fourth-order valence-electron chi connectivity index (χ4n) is 5.03. The molecule has 1 aromatic heterocycles. The normalized spacial score (nSPS) is 20.7. The molecule has 0 radical (unpaired) electrons. The smallest absolute Gasteiger partial charge is 0.268 e. The van der Waals surface area contributed by atoms with E-state index in [-0.39, 0.29) is 30.1 Å². The summed E-state index contributed by atoms with van der Waals surface area (Å²) in [6.45, 7) is 0.591. The number of carbonyl (C=O) groups is 4. The second-order valence-corrected chi connectivity index (χ2v) is 9.30. The minimum absolute atomic E-state index is 0.0815. The summed E-state index contributed by atoms with van der Waals surface area (Å²) in [6, 6.07) is 7.88. The molecule has 3 atom stereocenters. The molecular formula is C25H32N4O4. The van der Waals surface area contributed by atoms with E-state index >= 15 is 0 Å². The van der Waals surface area contributed by atoms with Crippen molar-refractivity contribution < 1.29 is 19.2 Å². The second kappa shape index (κ2) is 10.6. The van der Waals surface area contributed by atoms with E-state index in [0.29, 0.717) is 37.3 Å². The van der Waals surface area contributed by atoms with E-state index in [2.05, 4.69) is 20.9 Å². The highest BCUT2D eigenvalue weighted by Gasteiger charge is 2.31. The Morgan fingerprint density at radius 1 is 1.06 bits per heavy atom. The number of carbonyl (C=O) groups excluding carboxylic acids is 4. The first-order valence-corrected chi connectivity index (χ1v) is 12.0. The van der Waals surface area contributed by atoms with E-state index in [1.165, 1.54) is 6.42 Å². The van der Waals surface area contributed by atoms with E-state index in [1.54, 1.807) is 6.07 Å². The molecule has 8 heteroatoms. The lowest BCUT2D eigenvalue weighted by molar-refractivity contribution is -0.127. The van der Waals surface area contributed by atoms with Crippen LogP contribution in [0.3, 0.4) is 0 Å². The number of hydrogen-bond acceptors (Lipinski definition) is 4. The SMILES string of the molecule is O=C[C@H](C[C@@H]1CCNC1=O)NC(=O)[C@H](CC1CCCCC1)NC(=O)c1cc2ccccc2[nH]1. The summed E-state index contributed by atoms with van der Waals surface area (Å²) in [4.78, 5) is 52.8. The lowest BCUT2D eigenvalue weighted by Gasteiger charge is -2.27. The number of hydrogen-bond donors (Lipinski definition) is 4. The molecule has 33 heavy (non-hydrogen) atoms. The van der Waals surface area contributed by atoms with Crippen LogP contribution >= 0.6 is 0 Å². The van der Waals surface area contributed by atoms with Crippen molar-refractivity contribution in [2.75, 3.05) is 6.54 Å². The molecule has 1 aromatic carbocycles. The summed E-state index contributed by atoms with van der Waals surface area (Å²) < 4.78 is 0. The first-order valence-electron chi connectivity index (χ1n) is 12.0. The summed E-state index contributed by atoms with van der Waals surface area (Å²) in [5, 5.41) is 9.35. The van der Waals surface area contributed by atoms with Gasteiger partial charge in [0.15, 0.2) is 0 Å². The Balaban J connectivity index is 1.45. The van der Waals surface area contributed by atoms with Gasteiger partial charge in [-0.05, 0) is 37.3 Å². The van der Waals surface area contributed by atoms with E-state index in [0.717, 1.165) is 36.6 Å². The van der Waals surface area contributed by atoms with Crippen molar-refractivity contribution in [1.29, 1.82) is 0 Å². The van der Waals surface area contributed by atoms with E-state index in [4.69, 9.17) is 0 Å². The number of benzene rings is 1. The van der Waals surface area contributed by atoms with Crippen molar-refractivity contribution in [3.05, 3.63) is 36.0 Å². The molecule has 0 bridgehead atoms. The van der Waals surface area contributed by atoms with Crippen LogP contribution in [0.2, 0.25) is 0 Å². The predicted molar refractivity (Wildman–Crippen MR) is 124 cm³/mol. The fourth-order valence-corrected chi connectivity index (χ4v) is 5.03. The Morgan fingerprint density at radius 2 is 1.85 bits per heavy atom. The van der Waals surface area contributed by atoms with Crippen LogP contribution in [-0.2, 0) is 14.4 Å². The molecule has 0 spiro atoms. The largest absolute Gasteiger partial charge is 0.356 e. The Morgan fingerprint density at radius 3 is 2.55 bits per heavy atom. The summed E-state index contributed by atoms with van der Waals surface area (Å²) in [5.41, 5.74) is 1.25. The third-order valence-corrected chi connectivity index (χ3v) is 6.88. The molecule has 1 saturated heterocycles. The molecule has 3 amide bonds. The quantitative estimate of drug-likeness (QED) is 0.437. The zero-order valence-corrected chi connectivity index (χ0v) is 18.8. The lowest BCUT2D eigenvalue weighted by atomic mass is 9.84. The molecule has 0 unspecified atom stereocenters. The summed E-state index contributed by atoms with van der Waals surface area (Å²) in [7, 11) is 0. The van der Waals surface area contributed by atoms with Crippen LogP contribution in [0.25, 0.3) is 10.9 Å². The number of amides is 3.